The smallest absolute Gasteiger partial charge is 0.223 e. The molecule has 9 heteroatoms. The van der Waals surface area contributed by atoms with Crippen molar-refractivity contribution in [3.8, 4) is 0 Å². The van der Waals surface area contributed by atoms with Gasteiger partial charge >= 0.3 is 0 Å². The van der Waals surface area contributed by atoms with Crippen molar-refractivity contribution in [1.82, 2.24) is 20.9 Å². The molecule has 5 rings (SSSR count). The number of nitrogens with one attached hydrogen (secondary N) is 3. The molecule has 0 aromatic carbocycles. The lowest BCUT2D eigenvalue weighted by Gasteiger charge is -2.55. The summed E-state index contributed by atoms with van der Waals surface area (Å²) >= 11 is 2.13. The second-order valence-corrected chi connectivity index (χ2v) is 13.9. The number of piperidine rings is 1. The fourth-order valence-corrected chi connectivity index (χ4v) is 10.0. The summed E-state index contributed by atoms with van der Waals surface area (Å²) in [6.07, 6.45) is 5.34. The first-order chi connectivity index (χ1) is 17.4. The second-order valence-electron chi connectivity index (χ2n) is 12.5. The van der Waals surface area contributed by atoms with Gasteiger partial charge in [0, 0.05) is 50.6 Å². The van der Waals surface area contributed by atoms with Crippen molar-refractivity contribution in [2.75, 3.05) is 52.5 Å². The number of aliphatic hydroxyl groups excluding tert-OH is 1. The third-order valence-corrected chi connectivity index (χ3v) is 11.6. The number of aliphatic hydroxyl groups is 1. The van der Waals surface area contributed by atoms with Crippen molar-refractivity contribution in [2.24, 2.45) is 29.1 Å². The van der Waals surface area contributed by atoms with E-state index in [0.29, 0.717) is 35.3 Å². The van der Waals surface area contributed by atoms with E-state index >= 15 is 0 Å². The third kappa shape index (κ3) is 5.77. The molecule has 0 aromatic heterocycles. The molecule has 206 valence electrons. The number of nitrogens with zero attached hydrogens (tertiary/aromatic N) is 1. The maximum atomic E-state index is 13.1. The fraction of sp³-hybridized carbons (Fsp3) is 0.963. The van der Waals surface area contributed by atoms with Crippen molar-refractivity contribution in [2.45, 2.75) is 81.8 Å². The summed E-state index contributed by atoms with van der Waals surface area (Å²) in [6, 6.07) is 1.10. The molecule has 6 N–H and O–H groups in total. The first kappa shape index (κ1) is 27.2. The lowest BCUT2D eigenvalue weighted by atomic mass is 9.51. The van der Waals surface area contributed by atoms with Crippen LogP contribution in [-0.4, -0.2) is 97.3 Å². The van der Waals surface area contributed by atoms with Crippen LogP contribution in [0.15, 0.2) is 0 Å². The van der Waals surface area contributed by atoms with Crippen LogP contribution < -0.4 is 21.3 Å². The van der Waals surface area contributed by atoms with Gasteiger partial charge < -0.3 is 25.8 Å². The van der Waals surface area contributed by atoms with E-state index in [0.717, 1.165) is 58.8 Å². The Bertz CT molecular complexity index is 749. The third-order valence-electron chi connectivity index (χ3n) is 10.2. The molecule has 0 radical (unpaired) electrons. The minimum atomic E-state index is -0.410. The average molecular weight is 525 g/mol. The molecule has 1 amide bonds. The summed E-state index contributed by atoms with van der Waals surface area (Å²) in [5.41, 5.74) is 0.575. The highest BCUT2D eigenvalue weighted by molar-refractivity contribution is 8.00. The monoisotopic (exact) mass is 524 g/mol. The number of amides is 1. The number of fused-ring (bicyclic) bond motifs is 2. The Morgan fingerprint density at radius 3 is 2.89 bits per heavy atom. The summed E-state index contributed by atoms with van der Waals surface area (Å²) < 4.78 is 5.42. The fourth-order valence-electron chi connectivity index (χ4n) is 8.13. The zero-order valence-corrected chi connectivity index (χ0v) is 23.4. The van der Waals surface area contributed by atoms with E-state index in [4.69, 9.17) is 4.74 Å². The van der Waals surface area contributed by atoms with E-state index in [1.807, 2.05) is 6.92 Å². The van der Waals surface area contributed by atoms with Crippen LogP contribution in [0.2, 0.25) is 0 Å². The predicted molar refractivity (Wildman–Crippen MR) is 143 cm³/mol. The van der Waals surface area contributed by atoms with Gasteiger partial charge in [0.15, 0.2) is 5.50 Å². The Morgan fingerprint density at radius 2 is 2.14 bits per heavy atom. The maximum absolute atomic E-state index is 13.1. The number of ether oxygens (including phenoxy) is 1. The standard InChI is InChI=1S/C27H49N5O3S/c1-17(25(34)29-9-10-32-11-13-35-14-12-32)20-6-7-27(3)15-21-23(18(2)22(27)24(20)33)31-26(36-21)30-19-5-4-8-28-16-19/h17-24,26,28,30-31,33H,4-16H2,1-3H3,(H,29,34)/p+1. The molecule has 0 aromatic rings. The van der Waals surface area contributed by atoms with E-state index in [9.17, 15) is 9.90 Å². The summed E-state index contributed by atoms with van der Waals surface area (Å²) in [4.78, 5) is 15.4. The molecule has 2 saturated carbocycles. The highest BCUT2D eigenvalue weighted by atomic mass is 32.2. The highest BCUT2D eigenvalue weighted by Crippen LogP contribution is 2.57. The van der Waals surface area contributed by atoms with Crippen LogP contribution >= 0.6 is 11.8 Å². The predicted octanol–water partition coefficient (Wildman–Crippen LogP) is 0.177. The number of carbonyl (C=O) groups is 1. The number of hydrogen-bond donors (Lipinski definition) is 5. The number of rotatable bonds is 7. The minimum Gasteiger partial charge on any atom is -0.392 e. The molecule has 2 aliphatic carbocycles. The SMILES string of the molecule is CC(C(=O)NCCN1CCOCC1)C1CCC2(C)CC3SC(NC4CCCNC4)[NH2+]C3C(C)C2C1O. The van der Waals surface area contributed by atoms with E-state index in [1.165, 1.54) is 19.3 Å². The Labute approximate surface area is 221 Å². The van der Waals surface area contributed by atoms with Gasteiger partial charge in [-0.1, -0.05) is 32.5 Å². The normalized spacial score (nSPS) is 44.4. The van der Waals surface area contributed by atoms with Crippen LogP contribution in [0.4, 0.5) is 0 Å². The molecule has 3 saturated heterocycles. The highest BCUT2D eigenvalue weighted by Gasteiger charge is 2.60. The molecule has 10 atom stereocenters. The zero-order valence-electron chi connectivity index (χ0n) is 22.6. The van der Waals surface area contributed by atoms with Crippen molar-refractivity contribution in [3.63, 3.8) is 0 Å². The maximum Gasteiger partial charge on any atom is 0.223 e. The molecule has 5 fully saturated rings. The van der Waals surface area contributed by atoms with Gasteiger partial charge in [-0.2, -0.15) is 0 Å². The van der Waals surface area contributed by atoms with Gasteiger partial charge in [-0.25, -0.2) is 0 Å². The van der Waals surface area contributed by atoms with Crippen molar-refractivity contribution < 1.29 is 20.0 Å². The van der Waals surface area contributed by atoms with Gasteiger partial charge in [0.2, 0.25) is 5.91 Å². The number of hydrogen-bond acceptors (Lipinski definition) is 7. The molecule has 10 unspecified atom stereocenters. The number of carbonyl (C=O) groups excluding carboxylic acids is 1. The van der Waals surface area contributed by atoms with Gasteiger partial charge in [0.25, 0.3) is 0 Å². The zero-order chi connectivity index (χ0) is 25.3. The molecule has 5 aliphatic rings. The van der Waals surface area contributed by atoms with E-state index < -0.39 is 6.10 Å². The molecular formula is C27H50N5O3S+. The lowest BCUT2D eigenvalue weighted by Crippen LogP contribution is -2.97. The molecule has 3 aliphatic heterocycles. The van der Waals surface area contributed by atoms with Crippen molar-refractivity contribution in [3.05, 3.63) is 0 Å². The Balaban J connectivity index is 1.16. The quantitative estimate of drug-likeness (QED) is 0.324. The number of thioether (sulfide) groups is 1. The van der Waals surface area contributed by atoms with E-state index in [-0.39, 0.29) is 29.1 Å². The summed E-state index contributed by atoms with van der Waals surface area (Å²) in [5.74, 6) is 0.682. The van der Waals surface area contributed by atoms with Gasteiger partial charge in [-0.3, -0.25) is 15.0 Å². The number of morpholine rings is 1. The van der Waals surface area contributed by atoms with Crippen LogP contribution in [0, 0.1) is 29.1 Å². The van der Waals surface area contributed by atoms with Crippen LogP contribution in [0.5, 0.6) is 0 Å². The van der Waals surface area contributed by atoms with Crippen molar-refractivity contribution in [1.29, 1.82) is 0 Å². The Morgan fingerprint density at radius 1 is 1.33 bits per heavy atom. The Hall–Kier alpha value is -0.420. The summed E-state index contributed by atoms with van der Waals surface area (Å²) in [5, 5.41) is 25.5. The molecule has 0 bridgehead atoms. The van der Waals surface area contributed by atoms with Crippen LogP contribution in [0.25, 0.3) is 0 Å². The Kier molecular flexibility index (Phi) is 8.87. The topological polar surface area (TPSA) is 102 Å². The first-order valence-electron chi connectivity index (χ1n) is 14.6. The molecular weight excluding hydrogens is 474 g/mol. The molecule has 0 spiro atoms. The van der Waals surface area contributed by atoms with E-state index in [2.05, 4.69) is 51.8 Å². The van der Waals surface area contributed by atoms with Crippen LogP contribution in [0.3, 0.4) is 0 Å². The number of nitrogens with two attached hydrogens (primary N) is 1. The van der Waals surface area contributed by atoms with Crippen LogP contribution in [-0.2, 0) is 9.53 Å². The van der Waals surface area contributed by atoms with E-state index in [1.54, 1.807) is 0 Å². The van der Waals surface area contributed by atoms with Gasteiger partial charge in [-0.15, -0.1) is 0 Å². The van der Waals surface area contributed by atoms with Crippen molar-refractivity contribution >= 4 is 17.7 Å². The first-order valence-corrected chi connectivity index (χ1v) is 15.5. The van der Waals surface area contributed by atoms with Crippen LogP contribution in [0.1, 0.15) is 52.9 Å². The lowest BCUT2D eigenvalue weighted by molar-refractivity contribution is -0.707. The molecule has 36 heavy (non-hydrogen) atoms. The summed E-state index contributed by atoms with van der Waals surface area (Å²) in [7, 11) is 0. The molecule has 3 heterocycles. The second kappa shape index (κ2) is 11.8. The largest absolute Gasteiger partial charge is 0.392 e. The summed E-state index contributed by atoms with van der Waals surface area (Å²) in [6.45, 7) is 14.0. The average Bonchev–Trinajstić information content (AvgIpc) is 3.26. The van der Waals surface area contributed by atoms with Gasteiger partial charge in [0.1, 0.15) is 6.04 Å². The van der Waals surface area contributed by atoms with Gasteiger partial charge in [-0.05, 0) is 55.9 Å². The molecule has 8 nitrogen and oxygen atoms in total. The minimum absolute atomic E-state index is 0.0433. The van der Waals surface area contributed by atoms with Gasteiger partial charge in [0.05, 0.1) is 24.6 Å². The number of quaternary nitrogens is 1.